The van der Waals surface area contributed by atoms with E-state index < -0.39 is 5.97 Å². The van der Waals surface area contributed by atoms with Crippen LogP contribution in [0.3, 0.4) is 0 Å². The fraction of sp³-hybridized carbons (Fsp3) is 0.273. The van der Waals surface area contributed by atoms with E-state index in [4.69, 9.17) is 0 Å². The van der Waals surface area contributed by atoms with Gasteiger partial charge in [-0.25, -0.2) is 4.79 Å². The molecule has 0 bridgehead atoms. The molecule has 6 nitrogen and oxygen atoms in total. The van der Waals surface area contributed by atoms with Crippen LogP contribution in [-0.4, -0.2) is 41.1 Å². The largest absolute Gasteiger partial charge is 0.464 e. The van der Waals surface area contributed by atoms with Crippen molar-refractivity contribution in [2.45, 2.75) is 6.42 Å². The van der Waals surface area contributed by atoms with Gasteiger partial charge in [0.05, 0.1) is 12.0 Å². The number of nitrogens with one attached hydrogen (secondary N) is 1. The summed E-state index contributed by atoms with van der Waals surface area (Å²) in [4.78, 5) is 35.6. The number of carbonyl (C=O) groups excluding carboxylic acids is 3. The number of methoxy groups -OCH3 is 1. The highest BCUT2D eigenvalue weighted by molar-refractivity contribution is 8.03. The third kappa shape index (κ3) is 1.97. The average molecular weight is 266 g/mol. The number of allylic oxidation sites excluding steroid dienone is 2. The van der Waals surface area contributed by atoms with Gasteiger partial charge in [0.15, 0.2) is 5.78 Å². The second kappa shape index (κ2) is 4.77. The number of aromatic amines is 1. The van der Waals surface area contributed by atoms with E-state index in [1.165, 1.54) is 24.9 Å². The molecule has 0 amide bonds. The number of nitrogens with zero attached hydrogens (tertiary/aromatic N) is 1. The molecule has 0 aliphatic heterocycles. The Morgan fingerprint density at radius 2 is 2.22 bits per heavy atom. The first-order valence-electron chi connectivity index (χ1n) is 5.07. The van der Waals surface area contributed by atoms with Gasteiger partial charge in [0.25, 0.3) is 0 Å². The fourth-order valence-electron chi connectivity index (χ4n) is 1.70. The molecule has 0 unspecified atom stereocenters. The van der Waals surface area contributed by atoms with Gasteiger partial charge in [-0.15, -0.1) is 11.8 Å². The van der Waals surface area contributed by atoms with Crippen LogP contribution in [0.2, 0.25) is 0 Å². The summed E-state index contributed by atoms with van der Waals surface area (Å²) in [5.74, 6) is -1.23. The maximum Gasteiger partial charge on any atom is 0.356 e. The van der Waals surface area contributed by atoms with Crippen molar-refractivity contribution in [3.63, 3.8) is 0 Å². The highest BCUT2D eigenvalue weighted by Gasteiger charge is 2.29. The lowest BCUT2D eigenvalue weighted by atomic mass is 10.1. The van der Waals surface area contributed by atoms with Crippen LogP contribution in [0.1, 0.15) is 26.5 Å². The first-order valence-corrected chi connectivity index (χ1v) is 6.29. The van der Waals surface area contributed by atoms with Crippen molar-refractivity contribution < 1.29 is 19.1 Å². The van der Waals surface area contributed by atoms with Crippen LogP contribution in [0, 0.1) is 0 Å². The van der Waals surface area contributed by atoms with Gasteiger partial charge in [-0.05, 0) is 6.26 Å². The van der Waals surface area contributed by atoms with Gasteiger partial charge in [-0.3, -0.25) is 14.7 Å². The molecule has 1 aromatic heterocycles. The van der Waals surface area contributed by atoms with Crippen molar-refractivity contribution in [1.29, 1.82) is 0 Å². The molecular formula is C11H10N2O4S. The molecule has 0 saturated carbocycles. The molecule has 1 N–H and O–H groups in total. The van der Waals surface area contributed by atoms with Gasteiger partial charge in [-0.2, -0.15) is 5.10 Å². The number of ether oxygens (including phenoxy) is 1. The van der Waals surface area contributed by atoms with Crippen molar-refractivity contribution in [3.05, 3.63) is 27.9 Å². The number of carbonyl (C=O) groups is 3. The predicted octanol–water partition coefficient (Wildman–Crippen LogP) is 0.751. The molecule has 0 aromatic carbocycles. The summed E-state index contributed by atoms with van der Waals surface area (Å²) in [7, 11) is 1.22. The highest BCUT2D eigenvalue weighted by Crippen LogP contribution is 2.24. The summed E-state index contributed by atoms with van der Waals surface area (Å²) in [5, 5.41) is 6.23. The minimum Gasteiger partial charge on any atom is -0.464 e. The molecule has 1 aromatic rings. The minimum atomic E-state index is -0.642. The number of aromatic nitrogens is 2. The number of ketones is 2. The lowest BCUT2D eigenvalue weighted by Gasteiger charge is -2.01. The van der Waals surface area contributed by atoms with Gasteiger partial charge < -0.3 is 4.74 Å². The molecule has 1 aliphatic carbocycles. The van der Waals surface area contributed by atoms with E-state index in [1.807, 2.05) is 0 Å². The molecular weight excluding hydrogens is 256 g/mol. The lowest BCUT2D eigenvalue weighted by molar-refractivity contribution is -0.114. The topological polar surface area (TPSA) is 89.1 Å². The Morgan fingerprint density at radius 1 is 1.50 bits per heavy atom. The van der Waals surface area contributed by atoms with Crippen LogP contribution in [0.15, 0.2) is 11.0 Å². The van der Waals surface area contributed by atoms with Crippen LogP contribution in [-0.2, 0) is 16.0 Å². The van der Waals surface area contributed by atoms with Gasteiger partial charge in [-0.1, -0.05) is 0 Å². The third-order valence-corrected chi connectivity index (χ3v) is 3.37. The fourth-order valence-corrected chi connectivity index (χ4v) is 2.23. The van der Waals surface area contributed by atoms with E-state index in [0.29, 0.717) is 10.5 Å². The van der Waals surface area contributed by atoms with Crippen LogP contribution >= 0.6 is 11.8 Å². The Bertz CT molecular complexity index is 574. The molecule has 7 heteroatoms. The maximum atomic E-state index is 11.9. The standard InChI is InChI=1S/C11H10N2O4S/c1-17-11(16)10-5-3-6(14)8(18-2)4-7(15)9(5)12-13-10/h4H,3H2,1-2H3,(H,12,13). The second-order valence-corrected chi connectivity index (χ2v) is 4.44. The smallest absolute Gasteiger partial charge is 0.356 e. The van der Waals surface area contributed by atoms with E-state index in [1.54, 1.807) is 6.26 Å². The molecule has 0 saturated heterocycles. The average Bonchev–Trinajstić information content (AvgIpc) is 2.73. The number of esters is 1. The third-order valence-electron chi connectivity index (χ3n) is 2.58. The summed E-state index contributed by atoms with van der Waals surface area (Å²) in [5.41, 5.74) is 0.468. The number of H-pyrrole nitrogens is 1. The van der Waals surface area contributed by atoms with E-state index in [9.17, 15) is 14.4 Å². The number of fused-ring (bicyclic) bond motifs is 1. The number of hydrogen-bond donors (Lipinski definition) is 1. The van der Waals surface area contributed by atoms with E-state index in [-0.39, 0.29) is 29.4 Å². The van der Waals surface area contributed by atoms with Gasteiger partial charge in [0.1, 0.15) is 11.4 Å². The van der Waals surface area contributed by atoms with Crippen LogP contribution in [0.25, 0.3) is 0 Å². The number of rotatable bonds is 2. The van der Waals surface area contributed by atoms with Crippen LogP contribution in [0.4, 0.5) is 0 Å². The highest BCUT2D eigenvalue weighted by atomic mass is 32.2. The molecule has 0 radical (unpaired) electrons. The summed E-state index contributed by atoms with van der Waals surface area (Å²) in [6, 6.07) is 0. The number of Topliss-reactive ketones (excluding diaryl/α,β-unsaturated/α-hetero) is 1. The molecule has 1 aliphatic rings. The van der Waals surface area contributed by atoms with E-state index in [0.717, 1.165) is 0 Å². The summed E-state index contributed by atoms with van der Waals surface area (Å²) in [6.45, 7) is 0. The Kier molecular flexibility index (Phi) is 3.33. The van der Waals surface area contributed by atoms with Crippen molar-refractivity contribution in [2.24, 2.45) is 0 Å². The predicted molar refractivity (Wildman–Crippen MR) is 64.6 cm³/mol. The minimum absolute atomic E-state index is 0.0331. The maximum absolute atomic E-state index is 11.9. The first-order chi connectivity index (χ1) is 8.58. The zero-order valence-electron chi connectivity index (χ0n) is 9.77. The van der Waals surface area contributed by atoms with Crippen molar-refractivity contribution in [1.82, 2.24) is 10.2 Å². The molecule has 0 atom stereocenters. The molecule has 1 heterocycles. The molecule has 0 fully saturated rings. The number of hydrogen-bond acceptors (Lipinski definition) is 6. The molecule has 94 valence electrons. The summed E-state index contributed by atoms with van der Waals surface area (Å²) >= 11 is 1.20. The van der Waals surface area contributed by atoms with Gasteiger partial charge in [0, 0.05) is 18.1 Å². The SMILES string of the molecule is COC(=O)c1[nH]nc2c1CC(=O)C(SC)=CC2=O. The molecule has 2 rings (SSSR count). The zero-order valence-corrected chi connectivity index (χ0v) is 10.6. The quantitative estimate of drug-likeness (QED) is 0.794. The Morgan fingerprint density at radius 3 is 2.83 bits per heavy atom. The van der Waals surface area contributed by atoms with Crippen molar-refractivity contribution in [3.8, 4) is 0 Å². The number of thioether (sulfide) groups is 1. The van der Waals surface area contributed by atoms with Crippen LogP contribution < -0.4 is 0 Å². The van der Waals surface area contributed by atoms with Gasteiger partial charge >= 0.3 is 5.97 Å². The normalized spacial score (nSPS) is 14.9. The Hall–Kier alpha value is -1.89. The first kappa shape index (κ1) is 12.6. The Labute approximate surface area is 107 Å². The summed E-state index contributed by atoms with van der Waals surface area (Å²) in [6.07, 6.45) is 2.93. The lowest BCUT2D eigenvalue weighted by Crippen LogP contribution is -2.10. The monoisotopic (exact) mass is 266 g/mol. The second-order valence-electron chi connectivity index (χ2n) is 3.59. The molecule has 0 spiro atoms. The summed E-state index contributed by atoms with van der Waals surface area (Å²) < 4.78 is 4.57. The van der Waals surface area contributed by atoms with Crippen molar-refractivity contribution >= 4 is 29.3 Å². The zero-order chi connectivity index (χ0) is 13.3. The van der Waals surface area contributed by atoms with Crippen LogP contribution in [0.5, 0.6) is 0 Å². The van der Waals surface area contributed by atoms with Gasteiger partial charge in [0.2, 0.25) is 5.78 Å². The Balaban J connectivity index is 2.52. The van der Waals surface area contributed by atoms with Crippen molar-refractivity contribution in [2.75, 3.05) is 13.4 Å². The van der Waals surface area contributed by atoms with E-state index >= 15 is 0 Å². The molecule has 18 heavy (non-hydrogen) atoms. The van der Waals surface area contributed by atoms with E-state index in [2.05, 4.69) is 14.9 Å².